The molecule has 0 N–H and O–H groups in total. The average molecular weight is 705 g/mol. The van der Waals surface area contributed by atoms with Gasteiger partial charge in [-0.15, -0.1) is 0 Å². The number of hydrogen-bond acceptors (Lipinski definition) is 22. The SMILES string of the molecule is COCN(COC)c1nc(N(COC)COC)nc(N(COC)CN(COC)c2nc(N(COC)COC)nc(N(COC)COC)n2)n1. The van der Waals surface area contributed by atoms with Crippen LogP contribution in [0.1, 0.15) is 0 Å². The van der Waals surface area contributed by atoms with Crippen molar-refractivity contribution in [3.8, 4) is 0 Å². The summed E-state index contributed by atoms with van der Waals surface area (Å²) >= 11 is 0. The molecular weight excluding hydrogens is 652 g/mol. The number of rotatable bonds is 28. The maximum Gasteiger partial charge on any atom is 0.235 e. The number of aromatic nitrogens is 6. The van der Waals surface area contributed by atoms with E-state index in [4.69, 9.17) is 67.3 Å². The van der Waals surface area contributed by atoms with Crippen LogP contribution in [0.4, 0.5) is 35.7 Å². The van der Waals surface area contributed by atoms with Gasteiger partial charge < -0.3 is 47.4 Å². The molecule has 2 heterocycles. The van der Waals surface area contributed by atoms with Crippen molar-refractivity contribution in [3.05, 3.63) is 0 Å². The Kier molecular flexibility index (Phi) is 20.1. The van der Waals surface area contributed by atoms with E-state index in [1.165, 1.54) is 0 Å². The molecule has 0 saturated heterocycles. The second kappa shape index (κ2) is 23.7. The van der Waals surface area contributed by atoms with Gasteiger partial charge in [0.1, 0.15) is 74.0 Å². The van der Waals surface area contributed by atoms with Crippen LogP contribution in [0.25, 0.3) is 0 Å². The molecule has 0 aromatic carbocycles. The predicted octanol–water partition coefficient (Wildman–Crippen LogP) is -0.408. The Morgan fingerprint density at radius 1 is 0.265 bits per heavy atom. The molecule has 2 rings (SSSR count). The first-order valence-electron chi connectivity index (χ1n) is 14.8. The van der Waals surface area contributed by atoms with E-state index in [0.717, 1.165) is 0 Å². The second-order valence-electron chi connectivity index (χ2n) is 10.0. The van der Waals surface area contributed by atoms with E-state index < -0.39 is 0 Å². The maximum absolute atomic E-state index is 5.61. The molecule has 0 atom stereocenters. The lowest BCUT2D eigenvalue weighted by Gasteiger charge is -2.32. The zero-order valence-electron chi connectivity index (χ0n) is 30.2. The molecule has 0 spiro atoms. The molecule has 280 valence electrons. The highest BCUT2D eigenvalue weighted by Gasteiger charge is 2.25. The number of nitrogens with zero attached hydrogens (tertiary/aromatic N) is 12. The van der Waals surface area contributed by atoms with E-state index in [9.17, 15) is 0 Å². The quantitative estimate of drug-likeness (QED) is 0.104. The summed E-state index contributed by atoms with van der Waals surface area (Å²) in [6.45, 7) is 1.30. The molecule has 0 unspecified atom stereocenters. The largest absolute Gasteiger partial charge is 0.364 e. The molecule has 0 aliphatic rings. The molecule has 0 saturated carbocycles. The summed E-state index contributed by atoms with van der Waals surface area (Å²) in [6.07, 6.45) is 0. The summed E-state index contributed by atoms with van der Waals surface area (Å²) < 4.78 is 54.4. The van der Waals surface area contributed by atoms with Gasteiger partial charge in [-0.3, -0.25) is 29.4 Å². The Balaban J connectivity index is 2.76. The molecule has 22 heteroatoms. The molecule has 0 amide bonds. The van der Waals surface area contributed by atoms with E-state index in [2.05, 4.69) is 9.97 Å². The zero-order valence-corrected chi connectivity index (χ0v) is 30.2. The van der Waals surface area contributed by atoms with Gasteiger partial charge in [-0.05, 0) is 0 Å². The smallest absolute Gasteiger partial charge is 0.235 e. The highest BCUT2D eigenvalue weighted by Crippen LogP contribution is 2.23. The summed E-state index contributed by atoms with van der Waals surface area (Å²) in [7, 11) is 15.6. The highest BCUT2D eigenvalue weighted by molar-refractivity contribution is 5.49. The second-order valence-corrected chi connectivity index (χ2v) is 10.0. The number of anilines is 6. The van der Waals surface area contributed by atoms with Crippen LogP contribution in [-0.2, 0) is 47.4 Å². The lowest BCUT2D eigenvalue weighted by molar-refractivity contribution is 0.136. The number of methoxy groups -OCH3 is 10. The van der Waals surface area contributed by atoms with Crippen LogP contribution in [-0.4, -0.2) is 175 Å². The Bertz CT molecular complexity index is 1000. The third-order valence-corrected chi connectivity index (χ3v) is 6.09. The Labute approximate surface area is 287 Å². The maximum atomic E-state index is 5.61. The van der Waals surface area contributed by atoms with Gasteiger partial charge in [0.15, 0.2) is 0 Å². The van der Waals surface area contributed by atoms with E-state index >= 15 is 0 Å². The molecule has 2 aromatic heterocycles. The molecule has 2 aromatic rings. The summed E-state index contributed by atoms with van der Waals surface area (Å²) in [5.41, 5.74) is 0. The molecule has 0 bridgehead atoms. The van der Waals surface area contributed by atoms with Crippen molar-refractivity contribution in [3.63, 3.8) is 0 Å². The molecule has 22 nitrogen and oxygen atoms in total. The summed E-state index contributed by atoms with van der Waals surface area (Å²) in [6, 6.07) is 0. The van der Waals surface area contributed by atoms with Crippen LogP contribution < -0.4 is 29.4 Å². The Morgan fingerprint density at radius 2 is 0.408 bits per heavy atom. The zero-order chi connectivity index (χ0) is 36.0. The van der Waals surface area contributed by atoms with E-state index in [1.54, 1.807) is 100 Å². The van der Waals surface area contributed by atoms with Gasteiger partial charge in [0.25, 0.3) is 0 Å². The van der Waals surface area contributed by atoms with Crippen LogP contribution in [0.2, 0.25) is 0 Å². The average Bonchev–Trinajstić information content (AvgIpc) is 3.10. The molecular formula is C27H52N12O10. The highest BCUT2D eigenvalue weighted by atomic mass is 16.5. The van der Waals surface area contributed by atoms with Gasteiger partial charge in [-0.2, -0.15) is 29.9 Å². The number of hydrogen-bond donors (Lipinski definition) is 0. The van der Waals surface area contributed by atoms with Crippen molar-refractivity contribution in [2.75, 3.05) is 174 Å². The summed E-state index contributed by atoms with van der Waals surface area (Å²) in [5, 5.41) is 0. The first-order valence-corrected chi connectivity index (χ1v) is 14.8. The van der Waals surface area contributed by atoms with Gasteiger partial charge in [0, 0.05) is 71.1 Å². The molecule has 49 heavy (non-hydrogen) atoms. The van der Waals surface area contributed by atoms with E-state index in [0.29, 0.717) is 0 Å². The minimum atomic E-state index is 0.0516. The van der Waals surface area contributed by atoms with Crippen LogP contribution in [0.15, 0.2) is 0 Å². The summed E-state index contributed by atoms with van der Waals surface area (Å²) in [5.74, 6) is 1.58. The van der Waals surface area contributed by atoms with Crippen LogP contribution >= 0.6 is 0 Å². The van der Waals surface area contributed by atoms with Crippen LogP contribution in [0, 0.1) is 0 Å². The lowest BCUT2D eigenvalue weighted by Crippen LogP contribution is -2.43. The first kappa shape index (κ1) is 41.6. The predicted molar refractivity (Wildman–Crippen MR) is 178 cm³/mol. The number of ether oxygens (including phenoxy) is 10. The van der Waals surface area contributed by atoms with Crippen LogP contribution in [0.3, 0.4) is 0 Å². The molecule has 0 aliphatic carbocycles. The molecule has 0 fully saturated rings. The Hall–Kier alpha value is -3.58. The van der Waals surface area contributed by atoms with Gasteiger partial charge in [-0.25, -0.2) is 0 Å². The summed E-state index contributed by atoms with van der Waals surface area (Å²) in [4.78, 5) is 38.7. The van der Waals surface area contributed by atoms with Crippen molar-refractivity contribution >= 4 is 35.7 Å². The van der Waals surface area contributed by atoms with E-state index in [-0.39, 0.29) is 110 Å². The minimum Gasteiger partial charge on any atom is -0.364 e. The van der Waals surface area contributed by atoms with Crippen molar-refractivity contribution in [1.29, 1.82) is 0 Å². The van der Waals surface area contributed by atoms with Crippen molar-refractivity contribution in [1.82, 2.24) is 29.9 Å². The fourth-order valence-corrected chi connectivity index (χ4v) is 4.23. The lowest BCUT2D eigenvalue weighted by atomic mass is 10.6. The third-order valence-electron chi connectivity index (χ3n) is 6.09. The van der Waals surface area contributed by atoms with Gasteiger partial charge in [0.05, 0.1) is 0 Å². The fraction of sp³-hybridized carbons (Fsp3) is 0.778. The van der Waals surface area contributed by atoms with Crippen molar-refractivity contribution < 1.29 is 47.4 Å². The van der Waals surface area contributed by atoms with Gasteiger partial charge in [0.2, 0.25) is 35.7 Å². The standard InChI is InChI=1S/C27H52N12O10/c1-40-12-34(22-28-24(36(14-42-3)15-43-4)32-25(29-22)37(16-44-5)17-45-6)11-35(13-41-2)23-30-26(38(18-46-7)19-47-8)33-27(31-23)39(20-48-9)21-49-10/h11-21H2,1-10H3. The minimum absolute atomic E-state index is 0.0516. The molecule has 0 aliphatic heterocycles. The van der Waals surface area contributed by atoms with Crippen molar-refractivity contribution in [2.45, 2.75) is 0 Å². The normalized spacial score (nSPS) is 11.1. The van der Waals surface area contributed by atoms with Gasteiger partial charge >= 0.3 is 0 Å². The van der Waals surface area contributed by atoms with Crippen molar-refractivity contribution in [2.24, 2.45) is 0 Å². The topological polar surface area (TPSA) is 189 Å². The van der Waals surface area contributed by atoms with Crippen LogP contribution in [0.5, 0.6) is 0 Å². The van der Waals surface area contributed by atoms with E-state index in [1.807, 2.05) is 0 Å². The van der Waals surface area contributed by atoms with Gasteiger partial charge in [-0.1, -0.05) is 0 Å². The fourth-order valence-electron chi connectivity index (χ4n) is 4.23. The third kappa shape index (κ3) is 13.0. The Morgan fingerprint density at radius 3 is 0.571 bits per heavy atom. The monoisotopic (exact) mass is 704 g/mol. The molecule has 0 radical (unpaired) electrons. The first-order chi connectivity index (χ1) is 23.9.